The van der Waals surface area contributed by atoms with E-state index in [-0.39, 0.29) is 30.6 Å². The molecule has 0 radical (unpaired) electrons. The van der Waals surface area contributed by atoms with E-state index < -0.39 is 23.6 Å². The normalized spacial score (nSPS) is 11.2. The Morgan fingerprint density at radius 3 is 1.83 bits per heavy atom. The molecule has 5 aromatic heterocycles. The Morgan fingerprint density at radius 1 is 0.698 bits per heavy atom. The van der Waals surface area contributed by atoms with E-state index >= 15 is 0 Å². The highest BCUT2D eigenvalue weighted by molar-refractivity contribution is 6.35. The van der Waals surface area contributed by atoms with Crippen LogP contribution in [0.15, 0.2) is 120 Å². The second-order valence-electron chi connectivity index (χ2n) is 14.8. The molecule has 8 aromatic rings. The first-order valence-electron chi connectivity index (χ1n) is 19.9. The van der Waals surface area contributed by atoms with E-state index in [2.05, 4.69) is 41.1 Å². The number of hydrogen-bond acceptors (Lipinski definition) is 11. The van der Waals surface area contributed by atoms with E-state index in [4.69, 9.17) is 11.6 Å². The minimum Gasteiger partial charge on any atom is -0.480 e. The maximum atomic E-state index is 13.7. The monoisotopic (exact) mass is 867 g/mol. The molecule has 0 atom stereocenters. The molecule has 4 N–H and O–H groups in total. The number of aryl methyl sites for hydroxylation is 2. The molecule has 0 aliphatic heterocycles. The topological polar surface area (TPSA) is 214 Å². The number of aromatic nitrogens is 10. The number of carbonyl (C=O) groups is 2. The molecule has 1 amide bonds. The van der Waals surface area contributed by atoms with Crippen molar-refractivity contribution in [2.24, 2.45) is 14.1 Å². The van der Waals surface area contributed by atoms with E-state index in [0.29, 0.717) is 64.5 Å². The van der Waals surface area contributed by atoms with Gasteiger partial charge in [-0.05, 0) is 53.8 Å². The van der Waals surface area contributed by atoms with Crippen LogP contribution < -0.4 is 27.1 Å². The van der Waals surface area contributed by atoms with Crippen molar-refractivity contribution in [1.82, 2.24) is 53.5 Å². The van der Waals surface area contributed by atoms with Gasteiger partial charge < -0.3 is 21.1 Å². The van der Waals surface area contributed by atoms with Gasteiger partial charge in [-0.1, -0.05) is 54.1 Å². The number of imidazole rings is 1. The molecule has 0 saturated carbocycles. The SMILES string of the molecule is Cn1cc(-c2cnc(NCCc3ccc(-n4cnc5cc(CNC(=O)Cn6c(-c7cnn(C)c7)cnc(NCCc7ccccc7)c6=O)cc(Cl)c54)cc3)c(=O)n2CC(=O)O)cn1. The lowest BCUT2D eigenvalue weighted by Gasteiger charge is -2.14. The Labute approximate surface area is 364 Å². The van der Waals surface area contributed by atoms with Crippen LogP contribution >= 0.6 is 11.6 Å². The average Bonchev–Trinajstić information content (AvgIpc) is 4.03. The van der Waals surface area contributed by atoms with Gasteiger partial charge in [0, 0.05) is 62.9 Å². The number of amides is 1. The van der Waals surface area contributed by atoms with Gasteiger partial charge in [-0.3, -0.25) is 42.2 Å². The lowest BCUT2D eigenvalue weighted by molar-refractivity contribution is -0.137. The van der Waals surface area contributed by atoms with Crippen LogP contribution in [-0.4, -0.2) is 78.3 Å². The van der Waals surface area contributed by atoms with Crippen molar-refractivity contribution in [3.05, 3.63) is 153 Å². The summed E-state index contributed by atoms with van der Waals surface area (Å²) in [5, 5.41) is 27.4. The minimum atomic E-state index is -1.15. The van der Waals surface area contributed by atoms with Crippen LogP contribution in [0.2, 0.25) is 5.02 Å². The lowest BCUT2D eigenvalue weighted by Crippen LogP contribution is -2.34. The number of anilines is 2. The summed E-state index contributed by atoms with van der Waals surface area (Å²) in [5.74, 6) is -1.33. The van der Waals surface area contributed by atoms with Crippen molar-refractivity contribution in [2.75, 3.05) is 23.7 Å². The first-order chi connectivity index (χ1) is 30.5. The number of carbonyl (C=O) groups excluding carboxylic acids is 1. The van der Waals surface area contributed by atoms with Gasteiger partial charge in [-0.2, -0.15) is 10.2 Å². The molecule has 19 heteroatoms. The number of nitrogens with zero attached hydrogens (tertiary/aromatic N) is 10. The molecular weight excluding hydrogens is 826 g/mol. The first kappa shape index (κ1) is 41.9. The van der Waals surface area contributed by atoms with Crippen LogP contribution in [0, 0.1) is 0 Å². The summed E-state index contributed by atoms with van der Waals surface area (Å²) in [6, 6.07) is 21.3. The molecular formula is C44H42ClN13O5. The summed E-state index contributed by atoms with van der Waals surface area (Å²) in [5.41, 5.74) is 6.05. The molecule has 8 rings (SSSR count). The summed E-state index contributed by atoms with van der Waals surface area (Å²) in [6.45, 7) is 0.233. The Bertz CT molecular complexity index is 3060. The molecule has 5 heterocycles. The Balaban J connectivity index is 0.907. The average molecular weight is 868 g/mol. The predicted molar refractivity (Wildman–Crippen MR) is 238 cm³/mol. The van der Waals surface area contributed by atoms with Crippen LogP contribution in [0.4, 0.5) is 11.6 Å². The highest BCUT2D eigenvalue weighted by Crippen LogP contribution is 2.28. The zero-order valence-corrected chi connectivity index (χ0v) is 35.0. The molecule has 0 aliphatic rings. The zero-order chi connectivity index (χ0) is 44.0. The van der Waals surface area contributed by atoms with Crippen molar-refractivity contribution in [1.29, 1.82) is 0 Å². The van der Waals surface area contributed by atoms with Crippen molar-refractivity contribution in [3.63, 3.8) is 0 Å². The summed E-state index contributed by atoms with van der Waals surface area (Å²) in [6.07, 6.45) is 12.6. The van der Waals surface area contributed by atoms with Gasteiger partial charge in [-0.15, -0.1) is 0 Å². The van der Waals surface area contributed by atoms with Crippen molar-refractivity contribution in [3.8, 4) is 28.2 Å². The van der Waals surface area contributed by atoms with E-state index in [1.165, 1.54) is 10.8 Å². The fourth-order valence-electron chi connectivity index (χ4n) is 7.21. The van der Waals surface area contributed by atoms with E-state index in [9.17, 15) is 24.3 Å². The Morgan fingerprint density at radius 2 is 1.27 bits per heavy atom. The minimum absolute atomic E-state index is 0.0510. The van der Waals surface area contributed by atoms with Crippen LogP contribution in [0.1, 0.15) is 16.7 Å². The maximum absolute atomic E-state index is 13.7. The van der Waals surface area contributed by atoms with E-state index in [1.54, 1.807) is 66.8 Å². The molecule has 3 aromatic carbocycles. The quantitative estimate of drug-likeness (QED) is 0.101. The van der Waals surface area contributed by atoms with Gasteiger partial charge in [0.15, 0.2) is 11.6 Å². The molecule has 18 nitrogen and oxygen atoms in total. The predicted octanol–water partition coefficient (Wildman–Crippen LogP) is 4.30. The largest absolute Gasteiger partial charge is 0.480 e. The summed E-state index contributed by atoms with van der Waals surface area (Å²) >= 11 is 6.85. The van der Waals surface area contributed by atoms with Gasteiger partial charge in [0.05, 0.1) is 52.2 Å². The van der Waals surface area contributed by atoms with Gasteiger partial charge in [0.1, 0.15) is 19.4 Å². The fraction of sp³-hybridized carbons (Fsp3) is 0.205. The third-order valence-electron chi connectivity index (χ3n) is 10.3. The first-order valence-corrected chi connectivity index (χ1v) is 20.3. The van der Waals surface area contributed by atoms with Crippen LogP contribution in [0.3, 0.4) is 0 Å². The number of carboxylic acid groups (broad SMARTS) is 1. The van der Waals surface area contributed by atoms with Crippen molar-refractivity contribution in [2.45, 2.75) is 32.5 Å². The number of benzene rings is 3. The smallest absolute Gasteiger partial charge is 0.323 e. The zero-order valence-electron chi connectivity index (χ0n) is 34.3. The van der Waals surface area contributed by atoms with Crippen LogP contribution in [0.5, 0.6) is 0 Å². The lowest BCUT2D eigenvalue weighted by atomic mass is 10.1. The number of carboxylic acids is 1. The van der Waals surface area contributed by atoms with Crippen molar-refractivity contribution < 1.29 is 14.7 Å². The number of hydrogen-bond donors (Lipinski definition) is 4. The molecule has 63 heavy (non-hydrogen) atoms. The van der Waals surface area contributed by atoms with Gasteiger partial charge in [0.25, 0.3) is 11.1 Å². The summed E-state index contributed by atoms with van der Waals surface area (Å²) in [7, 11) is 3.50. The Hall–Kier alpha value is -7.86. The van der Waals surface area contributed by atoms with E-state index in [0.717, 1.165) is 26.9 Å². The summed E-state index contributed by atoms with van der Waals surface area (Å²) in [4.78, 5) is 65.3. The molecule has 0 spiro atoms. The highest BCUT2D eigenvalue weighted by atomic mass is 35.5. The molecule has 0 fully saturated rings. The van der Waals surface area contributed by atoms with Crippen LogP contribution in [0.25, 0.3) is 39.2 Å². The van der Waals surface area contributed by atoms with Gasteiger partial charge in [0.2, 0.25) is 5.91 Å². The highest BCUT2D eigenvalue weighted by Gasteiger charge is 2.18. The van der Waals surface area contributed by atoms with Crippen molar-refractivity contribution >= 4 is 46.1 Å². The molecule has 0 saturated heterocycles. The van der Waals surface area contributed by atoms with E-state index in [1.807, 2.05) is 65.2 Å². The Kier molecular flexibility index (Phi) is 12.2. The molecule has 0 unspecified atom stereocenters. The number of nitrogens with one attached hydrogen (secondary N) is 3. The third-order valence-corrected chi connectivity index (χ3v) is 10.6. The number of rotatable bonds is 17. The second kappa shape index (κ2) is 18.4. The number of fused-ring (bicyclic) bond motifs is 1. The standard InChI is InChI=1S/C44H42ClN13O5/c1-54-23-31(19-52-54)36-21-49-41(46-14-12-28-6-4-3-5-7-28)43(62)56(36)25-38(59)48-18-30-16-34(45)40-35(17-30)51-27-58(40)33-10-8-29(9-11-33)13-15-47-42-44(63)57(26-39(60)61)37(22-50-42)32-20-53-55(2)24-32/h3-11,16-17,19-24,27H,12-15,18,25-26H2,1-2H3,(H,46,49)(H,47,50)(H,48,59)(H,60,61). The third kappa shape index (κ3) is 9.55. The van der Waals surface area contributed by atoms with Gasteiger partial charge in [-0.25, -0.2) is 15.0 Å². The summed E-state index contributed by atoms with van der Waals surface area (Å²) < 4.78 is 7.61. The van der Waals surface area contributed by atoms with Gasteiger partial charge >= 0.3 is 5.97 Å². The molecule has 0 aliphatic carbocycles. The number of aliphatic carboxylic acids is 1. The second-order valence-corrected chi connectivity index (χ2v) is 15.2. The van der Waals surface area contributed by atoms with Crippen LogP contribution in [-0.2, 0) is 56.2 Å². The number of halogens is 1. The molecule has 0 bridgehead atoms. The maximum Gasteiger partial charge on any atom is 0.323 e. The fourth-order valence-corrected chi connectivity index (χ4v) is 7.53. The molecule has 320 valence electrons.